The summed E-state index contributed by atoms with van der Waals surface area (Å²) in [6.45, 7) is 5.21. The van der Waals surface area contributed by atoms with Gasteiger partial charge in [0.2, 0.25) is 0 Å². The van der Waals surface area contributed by atoms with Crippen molar-refractivity contribution in [3.8, 4) is 0 Å². The number of nitrogens with one attached hydrogen (secondary N) is 2. The van der Waals surface area contributed by atoms with E-state index < -0.39 is 23.4 Å². The lowest BCUT2D eigenvalue weighted by atomic mass is 10.1. The summed E-state index contributed by atoms with van der Waals surface area (Å²) >= 11 is 0. The number of nitrogens with zero attached hydrogens (tertiary/aromatic N) is 1. The maximum absolute atomic E-state index is 13.8. The summed E-state index contributed by atoms with van der Waals surface area (Å²) in [6, 6.07) is 11.2. The number of ether oxygens (including phenoxy) is 1. The largest absolute Gasteiger partial charge is 0.444 e. The summed E-state index contributed by atoms with van der Waals surface area (Å²) in [7, 11) is 1.84. The average molecular weight is 383 g/mol. The zero-order valence-corrected chi connectivity index (χ0v) is 16.2. The van der Waals surface area contributed by atoms with Crippen molar-refractivity contribution >= 4 is 34.3 Å². The zero-order valence-electron chi connectivity index (χ0n) is 16.2. The van der Waals surface area contributed by atoms with Crippen LogP contribution in [0.1, 0.15) is 31.1 Å². The van der Waals surface area contributed by atoms with Crippen molar-refractivity contribution in [3.05, 3.63) is 60.0 Å². The highest BCUT2D eigenvalue weighted by Crippen LogP contribution is 2.26. The molecule has 2 amide bonds. The number of hydrogen-bond donors (Lipinski definition) is 2. The lowest BCUT2D eigenvalue weighted by Crippen LogP contribution is -2.27. The van der Waals surface area contributed by atoms with Gasteiger partial charge in [0.25, 0.3) is 5.91 Å². The first-order valence-electron chi connectivity index (χ1n) is 8.79. The Labute approximate surface area is 162 Å². The van der Waals surface area contributed by atoms with Gasteiger partial charge in [0, 0.05) is 24.1 Å². The number of halogens is 1. The first-order chi connectivity index (χ1) is 13.1. The molecule has 2 N–H and O–H groups in total. The van der Waals surface area contributed by atoms with Crippen LogP contribution in [0.2, 0.25) is 0 Å². The Hall–Kier alpha value is -3.35. The van der Waals surface area contributed by atoms with Crippen LogP contribution in [0.5, 0.6) is 0 Å². The molecule has 3 rings (SSSR count). The van der Waals surface area contributed by atoms with Gasteiger partial charge in [-0.2, -0.15) is 0 Å². The third-order valence-electron chi connectivity index (χ3n) is 4.01. The predicted octanol–water partition coefficient (Wildman–Crippen LogP) is 4.92. The fourth-order valence-electron chi connectivity index (χ4n) is 2.85. The zero-order chi connectivity index (χ0) is 20.5. The first-order valence-corrected chi connectivity index (χ1v) is 8.79. The second-order valence-electron chi connectivity index (χ2n) is 7.44. The first kappa shape index (κ1) is 19.4. The lowest BCUT2D eigenvalue weighted by Gasteiger charge is -2.20. The van der Waals surface area contributed by atoms with Crippen LogP contribution in [-0.4, -0.2) is 22.2 Å². The Morgan fingerprint density at radius 2 is 1.75 bits per heavy atom. The molecule has 0 unspecified atom stereocenters. The summed E-state index contributed by atoms with van der Waals surface area (Å²) in [4.78, 5) is 24.9. The second-order valence-corrected chi connectivity index (χ2v) is 7.44. The van der Waals surface area contributed by atoms with E-state index >= 15 is 0 Å². The van der Waals surface area contributed by atoms with Crippen LogP contribution < -0.4 is 10.6 Å². The summed E-state index contributed by atoms with van der Waals surface area (Å²) < 4.78 is 20.8. The number of para-hydroxylation sites is 1. The fraction of sp³-hybridized carbons (Fsp3) is 0.238. The number of fused-ring (bicyclic) bond motifs is 1. The van der Waals surface area contributed by atoms with E-state index in [1.807, 2.05) is 35.9 Å². The topological polar surface area (TPSA) is 72.4 Å². The summed E-state index contributed by atoms with van der Waals surface area (Å²) in [5.74, 6) is -0.947. The minimum atomic E-state index is -0.695. The van der Waals surface area contributed by atoms with Crippen molar-refractivity contribution in [2.24, 2.45) is 7.05 Å². The highest BCUT2D eigenvalue weighted by Gasteiger charge is 2.19. The van der Waals surface area contributed by atoms with E-state index in [0.717, 1.165) is 17.0 Å². The highest BCUT2D eigenvalue weighted by atomic mass is 19.1. The molecule has 0 fully saturated rings. The Balaban J connectivity index is 1.88. The van der Waals surface area contributed by atoms with Crippen LogP contribution in [0.3, 0.4) is 0 Å². The Morgan fingerprint density at radius 1 is 1.04 bits per heavy atom. The van der Waals surface area contributed by atoms with Gasteiger partial charge >= 0.3 is 6.09 Å². The van der Waals surface area contributed by atoms with Crippen molar-refractivity contribution < 1.29 is 18.7 Å². The number of rotatable bonds is 3. The molecule has 1 heterocycles. The minimum absolute atomic E-state index is 0.142. The molecular formula is C21H22FN3O3. The number of benzene rings is 2. The summed E-state index contributed by atoms with van der Waals surface area (Å²) in [6.07, 6.45) is 1.01. The normalized spacial score (nSPS) is 11.3. The van der Waals surface area contributed by atoms with Gasteiger partial charge in [0.15, 0.2) is 0 Å². The molecule has 0 bridgehead atoms. The Morgan fingerprint density at radius 3 is 2.46 bits per heavy atom. The average Bonchev–Trinajstić information content (AvgIpc) is 2.93. The van der Waals surface area contributed by atoms with E-state index in [1.54, 1.807) is 27.0 Å². The number of carbonyl (C=O) groups is 2. The molecule has 0 saturated heterocycles. The highest BCUT2D eigenvalue weighted by molar-refractivity contribution is 6.14. The number of amides is 2. The molecule has 28 heavy (non-hydrogen) atoms. The minimum Gasteiger partial charge on any atom is -0.444 e. The molecule has 0 atom stereocenters. The van der Waals surface area contributed by atoms with Crippen LogP contribution in [0.25, 0.3) is 10.9 Å². The lowest BCUT2D eigenvalue weighted by molar-refractivity contribution is 0.0635. The SMILES string of the molecule is Cn1cc(C(=O)Nc2cc(F)ccc2NC(=O)OC(C)(C)C)c2ccccc21. The van der Waals surface area contributed by atoms with Crippen molar-refractivity contribution in [1.29, 1.82) is 0 Å². The van der Waals surface area contributed by atoms with Gasteiger partial charge in [-0.3, -0.25) is 10.1 Å². The standard InChI is InChI=1S/C21H22FN3O3/c1-21(2,3)28-20(27)24-16-10-9-13(22)11-17(16)23-19(26)15-12-25(4)18-8-6-5-7-14(15)18/h5-12H,1-4H3,(H,23,26)(H,24,27). The maximum Gasteiger partial charge on any atom is 0.412 e. The summed E-state index contributed by atoms with van der Waals surface area (Å²) in [5.41, 5.74) is 1.05. The van der Waals surface area contributed by atoms with E-state index in [1.165, 1.54) is 12.1 Å². The van der Waals surface area contributed by atoms with Gasteiger partial charge in [-0.05, 0) is 45.0 Å². The Bertz CT molecular complexity index is 1050. The van der Waals surface area contributed by atoms with Gasteiger partial charge in [-0.25, -0.2) is 9.18 Å². The van der Waals surface area contributed by atoms with Crippen molar-refractivity contribution in [3.63, 3.8) is 0 Å². The van der Waals surface area contributed by atoms with Gasteiger partial charge in [0.1, 0.15) is 11.4 Å². The van der Waals surface area contributed by atoms with Gasteiger partial charge < -0.3 is 14.6 Å². The van der Waals surface area contributed by atoms with E-state index in [-0.39, 0.29) is 11.4 Å². The number of anilines is 2. The van der Waals surface area contributed by atoms with E-state index in [9.17, 15) is 14.0 Å². The molecule has 0 saturated carbocycles. The van der Waals surface area contributed by atoms with Crippen LogP contribution in [-0.2, 0) is 11.8 Å². The van der Waals surface area contributed by atoms with E-state index in [4.69, 9.17) is 4.74 Å². The molecule has 146 valence electrons. The number of carbonyl (C=O) groups excluding carboxylic acids is 2. The molecule has 0 spiro atoms. The molecule has 1 aromatic heterocycles. The van der Waals surface area contributed by atoms with Crippen molar-refractivity contribution in [2.75, 3.05) is 10.6 Å². The molecule has 7 heteroatoms. The fourth-order valence-corrected chi connectivity index (χ4v) is 2.85. The van der Waals surface area contributed by atoms with Crippen LogP contribution in [0.4, 0.5) is 20.6 Å². The monoisotopic (exact) mass is 383 g/mol. The molecule has 0 aliphatic rings. The summed E-state index contributed by atoms with van der Waals surface area (Å²) in [5, 5.41) is 6.00. The van der Waals surface area contributed by atoms with Gasteiger partial charge in [-0.1, -0.05) is 18.2 Å². The molecule has 0 radical (unpaired) electrons. The van der Waals surface area contributed by atoms with Crippen LogP contribution in [0.15, 0.2) is 48.7 Å². The number of aromatic nitrogens is 1. The van der Waals surface area contributed by atoms with Crippen molar-refractivity contribution in [2.45, 2.75) is 26.4 Å². The molecule has 6 nitrogen and oxygen atoms in total. The quantitative estimate of drug-likeness (QED) is 0.674. The third-order valence-corrected chi connectivity index (χ3v) is 4.01. The number of hydrogen-bond acceptors (Lipinski definition) is 3. The molecular weight excluding hydrogens is 361 g/mol. The van der Waals surface area contributed by atoms with Gasteiger partial charge in [0.05, 0.1) is 16.9 Å². The molecule has 0 aliphatic carbocycles. The number of aryl methyl sites for hydroxylation is 1. The maximum atomic E-state index is 13.8. The van der Waals surface area contributed by atoms with Crippen molar-refractivity contribution in [1.82, 2.24) is 4.57 Å². The van der Waals surface area contributed by atoms with Crippen LogP contribution in [0, 0.1) is 5.82 Å². The second kappa shape index (κ2) is 7.34. The van der Waals surface area contributed by atoms with E-state index in [0.29, 0.717) is 5.56 Å². The van der Waals surface area contributed by atoms with Gasteiger partial charge in [-0.15, -0.1) is 0 Å². The molecule has 0 aliphatic heterocycles. The molecule has 3 aromatic rings. The smallest absolute Gasteiger partial charge is 0.412 e. The Kier molecular flexibility index (Phi) is 5.09. The third kappa shape index (κ3) is 4.31. The van der Waals surface area contributed by atoms with E-state index in [2.05, 4.69) is 10.6 Å². The predicted molar refractivity (Wildman–Crippen MR) is 107 cm³/mol. The van der Waals surface area contributed by atoms with Crippen LogP contribution >= 0.6 is 0 Å². The molecule has 2 aromatic carbocycles.